The van der Waals surface area contributed by atoms with E-state index in [1.165, 1.54) is 20.0 Å². The van der Waals surface area contributed by atoms with Crippen LogP contribution in [0.25, 0.3) is 0 Å². The second kappa shape index (κ2) is 6.92. The number of hydrogen-bond acceptors (Lipinski definition) is 5. The van der Waals surface area contributed by atoms with Crippen LogP contribution in [0, 0.1) is 13.8 Å². The zero-order valence-electron chi connectivity index (χ0n) is 14.7. The second-order valence-corrected chi connectivity index (χ2v) is 7.94. The Morgan fingerprint density at radius 1 is 1.12 bits per heavy atom. The smallest absolute Gasteiger partial charge is 0.266 e. The van der Waals surface area contributed by atoms with Crippen molar-refractivity contribution in [1.82, 2.24) is 4.98 Å². The van der Waals surface area contributed by atoms with Crippen LogP contribution in [-0.2, 0) is 10.0 Å². The van der Waals surface area contributed by atoms with E-state index in [-0.39, 0.29) is 4.90 Å². The Kier molecular flexibility index (Phi) is 4.85. The molecule has 7 heteroatoms. The lowest BCUT2D eigenvalue weighted by Crippen LogP contribution is -2.18. The van der Waals surface area contributed by atoms with Gasteiger partial charge >= 0.3 is 0 Å². The van der Waals surface area contributed by atoms with Crippen LogP contribution in [0.2, 0.25) is 0 Å². The van der Waals surface area contributed by atoms with Crippen molar-refractivity contribution < 1.29 is 13.2 Å². The summed E-state index contributed by atoms with van der Waals surface area (Å²) < 4.78 is 33.3. The first-order valence-corrected chi connectivity index (χ1v) is 9.78. The van der Waals surface area contributed by atoms with Gasteiger partial charge in [0.15, 0.2) is 0 Å². The molecule has 1 aromatic heterocycles. The molecule has 6 nitrogen and oxygen atoms in total. The van der Waals surface area contributed by atoms with Crippen LogP contribution in [0.1, 0.15) is 24.0 Å². The van der Waals surface area contributed by atoms with Gasteiger partial charge in [-0.1, -0.05) is 0 Å². The van der Waals surface area contributed by atoms with Gasteiger partial charge in [0.1, 0.15) is 16.5 Å². The highest BCUT2D eigenvalue weighted by molar-refractivity contribution is 7.92. The first-order chi connectivity index (χ1) is 11.9. The number of rotatable bonds is 5. The Hall–Kier alpha value is -2.28. The molecule has 0 amide bonds. The van der Waals surface area contributed by atoms with Crippen LogP contribution in [0.4, 0.5) is 11.5 Å². The molecular formula is C18H23N3O3S. The van der Waals surface area contributed by atoms with Crippen molar-refractivity contribution in [1.29, 1.82) is 0 Å². The Morgan fingerprint density at radius 2 is 1.80 bits per heavy atom. The molecule has 1 aromatic carbocycles. The zero-order chi connectivity index (χ0) is 18.0. The molecule has 2 heterocycles. The van der Waals surface area contributed by atoms with Crippen LogP contribution in [0.15, 0.2) is 35.4 Å². The van der Waals surface area contributed by atoms with Crippen molar-refractivity contribution in [2.24, 2.45) is 0 Å². The summed E-state index contributed by atoms with van der Waals surface area (Å²) in [6.45, 7) is 5.83. The molecule has 0 spiro atoms. The maximum Gasteiger partial charge on any atom is 0.266 e. The predicted molar refractivity (Wildman–Crippen MR) is 99.0 cm³/mol. The average Bonchev–Trinajstić information content (AvgIpc) is 3.11. The highest BCUT2D eigenvalue weighted by atomic mass is 32.2. The Bertz CT molecular complexity index is 858. The summed E-state index contributed by atoms with van der Waals surface area (Å²) in [5.41, 5.74) is 2.88. The van der Waals surface area contributed by atoms with Crippen LogP contribution in [0.5, 0.6) is 5.75 Å². The van der Waals surface area contributed by atoms with Gasteiger partial charge in [0.05, 0.1) is 19.0 Å². The third-order valence-electron chi connectivity index (χ3n) is 4.53. The number of methoxy groups -OCH3 is 1. The molecule has 0 atom stereocenters. The molecule has 1 N–H and O–H groups in total. The fourth-order valence-electron chi connectivity index (χ4n) is 2.93. The second-order valence-electron chi connectivity index (χ2n) is 6.29. The van der Waals surface area contributed by atoms with Gasteiger partial charge < -0.3 is 9.64 Å². The molecule has 2 aromatic rings. The normalized spacial score (nSPS) is 14.6. The molecule has 0 bridgehead atoms. The fourth-order valence-corrected chi connectivity index (χ4v) is 4.18. The van der Waals surface area contributed by atoms with Crippen LogP contribution in [-0.4, -0.2) is 33.6 Å². The number of hydrogen-bond donors (Lipinski definition) is 1. The number of pyridine rings is 1. The molecule has 1 aliphatic heterocycles. The molecule has 0 radical (unpaired) electrons. The van der Waals surface area contributed by atoms with Gasteiger partial charge in [-0.2, -0.15) is 0 Å². The Morgan fingerprint density at radius 3 is 2.40 bits per heavy atom. The van der Waals surface area contributed by atoms with Gasteiger partial charge in [-0.25, -0.2) is 13.4 Å². The third-order valence-corrected chi connectivity index (χ3v) is 5.90. The fraction of sp³-hybridized carbons (Fsp3) is 0.389. The largest absolute Gasteiger partial charge is 0.495 e. The molecule has 1 aliphatic rings. The molecule has 0 unspecified atom stereocenters. The predicted octanol–water partition coefficient (Wildman–Crippen LogP) is 3.11. The number of aryl methyl sites for hydroxylation is 2. The van der Waals surface area contributed by atoms with Gasteiger partial charge in [-0.3, -0.25) is 4.72 Å². The standard InChI is InChI=1S/C18H23N3O3S/c1-13-10-16(24-3)17(11-14(13)2)25(22,23)20-18-7-6-15(12-19-18)21-8-4-5-9-21/h6-7,10-12H,4-5,8-9H2,1-3H3,(H,19,20). The van der Waals surface area contributed by atoms with E-state index in [0.717, 1.165) is 29.9 Å². The maximum absolute atomic E-state index is 12.7. The molecule has 0 aliphatic carbocycles. The van der Waals surface area contributed by atoms with Crippen molar-refractivity contribution in [2.45, 2.75) is 31.6 Å². The van der Waals surface area contributed by atoms with E-state index >= 15 is 0 Å². The van der Waals surface area contributed by atoms with E-state index in [2.05, 4.69) is 14.6 Å². The number of anilines is 2. The summed E-state index contributed by atoms with van der Waals surface area (Å²) in [6, 6.07) is 6.94. The molecule has 0 saturated carbocycles. The van der Waals surface area contributed by atoms with Gasteiger partial charge in [0.25, 0.3) is 10.0 Å². The molecule has 1 fully saturated rings. The SMILES string of the molecule is COc1cc(C)c(C)cc1S(=O)(=O)Nc1ccc(N2CCCC2)cn1. The Labute approximate surface area is 148 Å². The number of aromatic nitrogens is 1. The lowest BCUT2D eigenvalue weighted by atomic mass is 10.1. The first kappa shape index (κ1) is 17.5. The molecule has 1 saturated heterocycles. The minimum atomic E-state index is -3.78. The van der Waals surface area contributed by atoms with Crippen LogP contribution in [0.3, 0.4) is 0 Å². The molecule has 25 heavy (non-hydrogen) atoms. The summed E-state index contributed by atoms with van der Waals surface area (Å²) in [5.74, 6) is 0.618. The van der Waals surface area contributed by atoms with E-state index < -0.39 is 10.0 Å². The monoisotopic (exact) mass is 361 g/mol. The third kappa shape index (κ3) is 3.71. The van der Waals surface area contributed by atoms with Gasteiger partial charge in [-0.05, 0) is 62.1 Å². The Balaban J connectivity index is 1.85. The van der Waals surface area contributed by atoms with E-state index in [9.17, 15) is 8.42 Å². The number of nitrogens with zero attached hydrogens (tertiary/aromatic N) is 2. The van der Waals surface area contributed by atoms with E-state index in [1.54, 1.807) is 24.4 Å². The number of benzene rings is 1. The summed E-state index contributed by atoms with van der Waals surface area (Å²) in [5, 5.41) is 0. The van der Waals surface area contributed by atoms with Crippen molar-refractivity contribution in [3.63, 3.8) is 0 Å². The van der Waals surface area contributed by atoms with Gasteiger partial charge in [0.2, 0.25) is 0 Å². The summed E-state index contributed by atoms with van der Waals surface area (Å²) in [6.07, 6.45) is 4.07. The van der Waals surface area contributed by atoms with Crippen molar-refractivity contribution in [2.75, 3.05) is 29.8 Å². The van der Waals surface area contributed by atoms with Crippen molar-refractivity contribution in [3.8, 4) is 5.75 Å². The maximum atomic E-state index is 12.7. The van der Waals surface area contributed by atoms with Crippen molar-refractivity contribution in [3.05, 3.63) is 41.6 Å². The molecular weight excluding hydrogens is 338 g/mol. The summed E-state index contributed by atoms with van der Waals surface area (Å²) in [4.78, 5) is 6.62. The topological polar surface area (TPSA) is 71.5 Å². The van der Waals surface area contributed by atoms with E-state index in [0.29, 0.717) is 11.6 Å². The summed E-state index contributed by atoms with van der Waals surface area (Å²) in [7, 11) is -2.31. The summed E-state index contributed by atoms with van der Waals surface area (Å²) >= 11 is 0. The highest BCUT2D eigenvalue weighted by Gasteiger charge is 2.21. The van der Waals surface area contributed by atoms with Crippen LogP contribution >= 0.6 is 0 Å². The quantitative estimate of drug-likeness (QED) is 0.886. The van der Waals surface area contributed by atoms with Crippen LogP contribution < -0.4 is 14.4 Å². The number of nitrogens with one attached hydrogen (secondary N) is 1. The van der Waals surface area contributed by atoms with Gasteiger partial charge in [-0.15, -0.1) is 0 Å². The molecule has 134 valence electrons. The van der Waals surface area contributed by atoms with E-state index in [1.807, 2.05) is 19.9 Å². The van der Waals surface area contributed by atoms with Crippen molar-refractivity contribution >= 4 is 21.5 Å². The highest BCUT2D eigenvalue weighted by Crippen LogP contribution is 2.29. The number of sulfonamides is 1. The lowest BCUT2D eigenvalue weighted by Gasteiger charge is -2.17. The minimum absolute atomic E-state index is 0.114. The van der Waals surface area contributed by atoms with E-state index in [4.69, 9.17) is 4.74 Å². The van der Waals surface area contributed by atoms with Gasteiger partial charge in [0, 0.05) is 13.1 Å². The average molecular weight is 361 g/mol. The minimum Gasteiger partial charge on any atom is -0.495 e. The first-order valence-electron chi connectivity index (χ1n) is 8.30. The zero-order valence-corrected chi connectivity index (χ0v) is 15.6. The molecule has 3 rings (SSSR count). The lowest BCUT2D eigenvalue weighted by molar-refractivity contribution is 0.402. The number of ether oxygens (including phenoxy) is 1.